The molecule has 0 amide bonds. The van der Waals surface area contributed by atoms with Crippen molar-refractivity contribution in [3.8, 4) is 0 Å². The van der Waals surface area contributed by atoms with Crippen LogP contribution in [0.3, 0.4) is 0 Å². The third-order valence-corrected chi connectivity index (χ3v) is 4.53. The Morgan fingerprint density at radius 1 is 1.20 bits per heavy atom. The van der Waals surface area contributed by atoms with E-state index >= 15 is 0 Å². The highest BCUT2D eigenvalue weighted by molar-refractivity contribution is 4.76. The van der Waals surface area contributed by atoms with E-state index < -0.39 is 0 Å². The van der Waals surface area contributed by atoms with Crippen LogP contribution in [0.15, 0.2) is 0 Å². The zero-order valence-electron chi connectivity index (χ0n) is 11.1. The summed E-state index contributed by atoms with van der Waals surface area (Å²) in [6.45, 7) is 7.14. The molecule has 0 spiro atoms. The first kappa shape index (κ1) is 13.0. The summed E-state index contributed by atoms with van der Waals surface area (Å²) in [7, 11) is 2.10. The van der Waals surface area contributed by atoms with Crippen LogP contribution in [0.1, 0.15) is 59.3 Å². The molecule has 90 valence electrons. The lowest BCUT2D eigenvalue weighted by atomic mass is 9.74. The van der Waals surface area contributed by atoms with Crippen LogP contribution in [0.4, 0.5) is 0 Å². The molecule has 1 N–H and O–H groups in total. The zero-order chi connectivity index (χ0) is 11.3. The first-order chi connectivity index (χ1) is 7.17. The Hall–Kier alpha value is -0.0400. The Bertz CT molecular complexity index is 163. The lowest BCUT2D eigenvalue weighted by Gasteiger charge is -2.32. The minimum Gasteiger partial charge on any atom is -0.317 e. The summed E-state index contributed by atoms with van der Waals surface area (Å²) in [6, 6.07) is 0.750. The van der Waals surface area contributed by atoms with Crippen molar-refractivity contribution in [2.24, 2.45) is 17.8 Å². The van der Waals surface area contributed by atoms with Gasteiger partial charge in [0.2, 0.25) is 0 Å². The molecule has 0 heterocycles. The highest BCUT2D eigenvalue weighted by Gasteiger charge is 2.24. The number of rotatable bonds is 5. The molecule has 0 radical (unpaired) electrons. The summed E-state index contributed by atoms with van der Waals surface area (Å²) in [5.41, 5.74) is 0. The van der Waals surface area contributed by atoms with E-state index in [1.165, 1.54) is 38.5 Å². The molecule has 1 aliphatic carbocycles. The lowest BCUT2D eigenvalue weighted by Crippen LogP contribution is -2.26. The fraction of sp³-hybridized carbons (Fsp3) is 1.00. The molecule has 1 saturated carbocycles. The van der Waals surface area contributed by atoms with Gasteiger partial charge in [-0.25, -0.2) is 0 Å². The Morgan fingerprint density at radius 2 is 1.93 bits per heavy atom. The average Bonchev–Trinajstić information content (AvgIpc) is 2.24. The van der Waals surface area contributed by atoms with Crippen LogP contribution >= 0.6 is 0 Å². The topological polar surface area (TPSA) is 12.0 Å². The third kappa shape index (κ3) is 4.14. The van der Waals surface area contributed by atoms with E-state index in [1.54, 1.807) is 0 Å². The molecule has 0 saturated heterocycles. The highest BCUT2D eigenvalue weighted by Crippen LogP contribution is 2.35. The van der Waals surface area contributed by atoms with E-state index in [-0.39, 0.29) is 0 Å². The Labute approximate surface area is 96.0 Å². The Kier molecular flexibility index (Phi) is 5.66. The minimum absolute atomic E-state index is 0.750. The molecule has 0 aliphatic heterocycles. The Balaban J connectivity index is 2.22. The SMILES string of the molecule is CCC(CCC1CCC(C)C(C)C1)NC. The van der Waals surface area contributed by atoms with Gasteiger partial charge in [0, 0.05) is 6.04 Å². The predicted molar refractivity (Wildman–Crippen MR) is 68.0 cm³/mol. The standard InChI is InChI=1S/C14H29N/c1-5-14(15-4)9-8-13-7-6-11(2)12(3)10-13/h11-15H,5-10H2,1-4H3. The summed E-state index contributed by atoms with van der Waals surface area (Å²) in [5.74, 6) is 2.93. The quantitative estimate of drug-likeness (QED) is 0.728. The Morgan fingerprint density at radius 3 is 2.47 bits per heavy atom. The van der Waals surface area contributed by atoms with Crippen LogP contribution in [0, 0.1) is 17.8 Å². The van der Waals surface area contributed by atoms with Gasteiger partial charge in [-0.1, -0.05) is 33.6 Å². The summed E-state index contributed by atoms with van der Waals surface area (Å²) in [5, 5.41) is 3.41. The second kappa shape index (κ2) is 6.52. The molecule has 1 nitrogen and oxygen atoms in total. The van der Waals surface area contributed by atoms with Crippen molar-refractivity contribution in [1.29, 1.82) is 0 Å². The zero-order valence-corrected chi connectivity index (χ0v) is 11.1. The predicted octanol–water partition coefficient (Wildman–Crippen LogP) is 3.84. The minimum atomic E-state index is 0.750. The molecule has 1 aliphatic rings. The van der Waals surface area contributed by atoms with Gasteiger partial charge in [0.15, 0.2) is 0 Å². The van der Waals surface area contributed by atoms with Crippen LogP contribution in [0.25, 0.3) is 0 Å². The van der Waals surface area contributed by atoms with Gasteiger partial charge in [0.25, 0.3) is 0 Å². The largest absolute Gasteiger partial charge is 0.317 e. The maximum atomic E-state index is 3.41. The first-order valence-corrected chi connectivity index (χ1v) is 6.84. The van der Waals surface area contributed by atoms with Crippen molar-refractivity contribution < 1.29 is 0 Å². The summed E-state index contributed by atoms with van der Waals surface area (Å²) in [6.07, 6.45) is 8.50. The van der Waals surface area contributed by atoms with E-state index in [2.05, 4.69) is 33.1 Å². The van der Waals surface area contributed by atoms with E-state index in [1.807, 2.05) is 0 Å². The van der Waals surface area contributed by atoms with Crippen molar-refractivity contribution >= 4 is 0 Å². The third-order valence-electron chi connectivity index (χ3n) is 4.53. The smallest absolute Gasteiger partial charge is 0.00615 e. The first-order valence-electron chi connectivity index (χ1n) is 6.84. The van der Waals surface area contributed by atoms with Gasteiger partial charge in [0.1, 0.15) is 0 Å². The van der Waals surface area contributed by atoms with Gasteiger partial charge in [-0.2, -0.15) is 0 Å². The van der Waals surface area contributed by atoms with Gasteiger partial charge in [-0.3, -0.25) is 0 Å². The lowest BCUT2D eigenvalue weighted by molar-refractivity contribution is 0.194. The van der Waals surface area contributed by atoms with E-state index in [0.717, 1.165) is 23.8 Å². The van der Waals surface area contributed by atoms with Crippen LogP contribution in [0.2, 0.25) is 0 Å². The molecule has 1 rings (SSSR count). The van der Waals surface area contributed by atoms with Crippen LogP contribution in [-0.4, -0.2) is 13.1 Å². The summed E-state index contributed by atoms with van der Waals surface area (Å²) >= 11 is 0. The number of hydrogen-bond donors (Lipinski definition) is 1. The van der Waals surface area contributed by atoms with Gasteiger partial charge in [-0.15, -0.1) is 0 Å². The van der Waals surface area contributed by atoms with E-state index in [4.69, 9.17) is 0 Å². The maximum absolute atomic E-state index is 3.41. The van der Waals surface area contributed by atoms with Crippen molar-refractivity contribution in [3.63, 3.8) is 0 Å². The van der Waals surface area contributed by atoms with Gasteiger partial charge < -0.3 is 5.32 Å². The molecule has 0 bridgehead atoms. The highest BCUT2D eigenvalue weighted by atomic mass is 14.9. The van der Waals surface area contributed by atoms with E-state index in [9.17, 15) is 0 Å². The van der Waals surface area contributed by atoms with Gasteiger partial charge in [0.05, 0.1) is 0 Å². The monoisotopic (exact) mass is 211 g/mol. The van der Waals surface area contributed by atoms with Crippen LogP contribution in [0.5, 0.6) is 0 Å². The fourth-order valence-corrected chi connectivity index (χ4v) is 2.91. The number of hydrogen-bond acceptors (Lipinski definition) is 1. The number of nitrogens with one attached hydrogen (secondary N) is 1. The van der Waals surface area contributed by atoms with Gasteiger partial charge >= 0.3 is 0 Å². The molecule has 15 heavy (non-hydrogen) atoms. The van der Waals surface area contributed by atoms with Crippen LogP contribution in [-0.2, 0) is 0 Å². The summed E-state index contributed by atoms with van der Waals surface area (Å²) in [4.78, 5) is 0. The van der Waals surface area contributed by atoms with Gasteiger partial charge in [-0.05, 0) is 50.5 Å². The average molecular weight is 211 g/mol. The molecular formula is C14H29N. The fourth-order valence-electron chi connectivity index (χ4n) is 2.91. The van der Waals surface area contributed by atoms with Crippen molar-refractivity contribution in [2.75, 3.05) is 7.05 Å². The van der Waals surface area contributed by atoms with Crippen molar-refractivity contribution in [3.05, 3.63) is 0 Å². The second-order valence-corrected chi connectivity index (χ2v) is 5.60. The second-order valence-electron chi connectivity index (χ2n) is 5.60. The molecule has 0 aromatic heterocycles. The molecular weight excluding hydrogens is 182 g/mol. The molecule has 0 aromatic carbocycles. The normalized spacial score (nSPS) is 34.0. The molecule has 1 fully saturated rings. The van der Waals surface area contributed by atoms with E-state index in [0.29, 0.717) is 0 Å². The molecule has 4 unspecified atom stereocenters. The van der Waals surface area contributed by atoms with Crippen LogP contribution < -0.4 is 5.32 Å². The molecule has 0 aromatic rings. The maximum Gasteiger partial charge on any atom is 0.00615 e. The van der Waals surface area contributed by atoms with Crippen molar-refractivity contribution in [1.82, 2.24) is 5.32 Å². The summed E-state index contributed by atoms with van der Waals surface area (Å²) < 4.78 is 0. The molecule has 4 atom stereocenters. The molecule has 1 heteroatoms. The van der Waals surface area contributed by atoms with Crippen molar-refractivity contribution in [2.45, 2.75) is 65.3 Å².